The van der Waals surface area contributed by atoms with E-state index >= 15 is 0 Å². The quantitative estimate of drug-likeness (QED) is 0.0507. The van der Waals surface area contributed by atoms with Crippen molar-refractivity contribution in [2.24, 2.45) is 0 Å². The number of nitrogens with one attached hydrogen (secondary N) is 1. The lowest BCUT2D eigenvalue weighted by molar-refractivity contribution is -0.215. The van der Waals surface area contributed by atoms with Crippen LogP contribution in [0.1, 0.15) is 97.6 Å². The van der Waals surface area contributed by atoms with E-state index in [-0.39, 0.29) is 35.4 Å². The van der Waals surface area contributed by atoms with Crippen LogP contribution in [0, 0.1) is 0 Å². The first kappa shape index (κ1) is 46.9. The number of nitrogens with zero attached hydrogens (tertiary/aromatic N) is 1. The minimum atomic E-state index is -3.22. The van der Waals surface area contributed by atoms with Gasteiger partial charge in [0.05, 0.1) is 19.8 Å². The third-order valence-electron chi connectivity index (χ3n) is 12.2. The Kier molecular flexibility index (Phi) is 16.0. The third kappa shape index (κ3) is 10.1. The summed E-state index contributed by atoms with van der Waals surface area (Å²) in [5.41, 5.74) is 1.01. The maximum Gasteiger partial charge on any atom is 0.334 e. The third-order valence-corrected chi connectivity index (χ3v) is 22.4. The zero-order valence-electron chi connectivity index (χ0n) is 37.0. The van der Waals surface area contributed by atoms with Gasteiger partial charge in [0.25, 0.3) is 5.56 Å². The molecule has 4 aromatic rings. The second kappa shape index (κ2) is 20.8. The van der Waals surface area contributed by atoms with Crippen molar-refractivity contribution in [3.05, 3.63) is 141 Å². The second-order valence-electron chi connectivity index (χ2n) is 17.4. The summed E-state index contributed by atoms with van der Waals surface area (Å²) in [7, 11) is -6.35. The van der Waals surface area contributed by atoms with Gasteiger partial charge in [-0.3, -0.25) is 14.3 Å². The largest absolute Gasteiger partial charge is 0.414 e. The van der Waals surface area contributed by atoms with Crippen LogP contribution in [0.3, 0.4) is 0 Å². The number of H-pyrrole nitrogens is 1. The van der Waals surface area contributed by atoms with Gasteiger partial charge in [-0.05, 0) is 58.1 Å². The van der Waals surface area contributed by atoms with Crippen molar-refractivity contribution in [1.29, 1.82) is 0 Å². The van der Waals surface area contributed by atoms with Crippen molar-refractivity contribution in [3.63, 3.8) is 0 Å². The molecule has 332 valence electrons. The van der Waals surface area contributed by atoms with Crippen molar-refractivity contribution in [3.8, 4) is 0 Å². The molecule has 61 heavy (non-hydrogen) atoms. The minimum absolute atomic E-state index is 0.0126. The zero-order chi connectivity index (χ0) is 43.8. The fraction of sp³-hybridized carbons (Fsp3) is 0.532. The number of aliphatic hydroxyl groups excluding tert-OH is 1. The highest BCUT2D eigenvalue weighted by Gasteiger charge is 2.57. The molecular weight excluding hydrogens is 809 g/mol. The minimum Gasteiger partial charge on any atom is -0.414 e. The number of aromatic amines is 1. The van der Waals surface area contributed by atoms with Crippen LogP contribution in [-0.2, 0) is 37.5 Å². The summed E-state index contributed by atoms with van der Waals surface area (Å²) in [6, 6.07) is 32.2. The lowest BCUT2D eigenvalue weighted by Crippen LogP contribution is -2.62. The number of rotatable bonds is 20. The Morgan fingerprint density at radius 1 is 0.738 bits per heavy atom. The van der Waals surface area contributed by atoms with Crippen LogP contribution in [0.5, 0.6) is 0 Å². The van der Waals surface area contributed by atoms with E-state index < -0.39 is 64.8 Å². The molecule has 3 aromatic carbocycles. The summed E-state index contributed by atoms with van der Waals surface area (Å²) >= 11 is 0. The highest BCUT2D eigenvalue weighted by atomic mass is 28.5. The Bertz CT molecular complexity index is 1950. The van der Waals surface area contributed by atoms with Gasteiger partial charge >= 0.3 is 22.8 Å². The van der Waals surface area contributed by atoms with Gasteiger partial charge in [0, 0.05) is 18.9 Å². The Morgan fingerprint density at radius 2 is 1.26 bits per heavy atom. The van der Waals surface area contributed by atoms with Crippen molar-refractivity contribution in [1.82, 2.24) is 9.55 Å². The topological polar surface area (TPSA) is 140 Å². The highest BCUT2D eigenvalue weighted by Crippen LogP contribution is 2.46. The fourth-order valence-corrected chi connectivity index (χ4v) is 20.1. The molecular formula is C47H66N2O10Si2. The summed E-state index contributed by atoms with van der Waals surface area (Å²) in [5.74, 6) is 0. The van der Waals surface area contributed by atoms with E-state index in [9.17, 15) is 14.7 Å². The number of benzene rings is 3. The molecule has 2 fully saturated rings. The standard InChI is InChI=1S/C47H66N2O10Si2/c1-33(2)60(34(3)4,55-31-30-54-47(37-20-12-9-13-21-37,38-22-14-10-15-23-38)39-24-16-11-17-25-39)59-61(35(5)6,36(7)8)56-32-40-43(51)44(58-42-26-18-19-29-53-42)45(57-40)49-28-27-41(50)48-46(49)52/h9-17,20-25,27-28,33-36,40,42-45,51H,18-19,26,29-32H2,1-8H3,(H,48,50,52)/t40-,42?,43-,44-,45-/m1/s1. The van der Waals surface area contributed by atoms with E-state index in [0.29, 0.717) is 19.6 Å². The average Bonchev–Trinajstić information content (AvgIpc) is 3.55. The molecule has 1 aromatic heterocycles. The smallest absolute Gasteiger partial charge is 0.334 e. The number of hydrogen-bond donors (Lipinski definition) is 2. The van der Waals surface area contributed by atoms with Gasteiger partial charge in [0.2, 0.25) is 0 Å². The first-order chi connectivity index (χ1) is 29.2. The normalized spacial score (nSPS) is 21.6. The molecule has 12 nitrogen and oxygen atoms in total. The van der Waals surface area contributed by atoms with Gasteiger partial charge < -0.3 is 37.0 Å². The molecule has 0 spiro atoms. The molecule has 5 atom stereocenters. The van der Waals surface area contributed by atoms with E-state index in [1.165, 1.54) is 16.8 Å². The first-order valence-corrected chi connectivity index (χ1v) is 25.9. The fourth-order valence-electron chi connectivity index (χ4n) is 9.00. The van der Waals surface area contributed by atoms with E-state index in [0.717, 1.165) is 29.5 Å². The van der Waals surface area contributed by atoms with Gasteiger partial charge in [-0.2, -0.15) is 0 Å². The molecule has 0 radical (unpaired) electrons. The second-order valence-corrected chi connectivity index (χ2v) is 26.3. The van der Waals surface area contributed by atoms with E-state index in [1.54, 1.807) is 0 Å². The maximum absolute atomic E-state index is 13.0. The molecule has 2 aliphatic heterocycles. The Labute approximate surface area is 363 Å². The Balaban J connectivity index is 1.26. The molecule has 0 amide bonds. The molecule has 2 aliphatic rings. The number of ether oxygens (including phenoxy) is 4. The molecule has 3 heterocycles. The van der Waals surface area contributed by atoms with Crippen LogP contribution < -0.4 is 11.2 Å². The molecule has 0 saturated carbocycles. The summed E-state index contributed by atoms with van der Waals surface area (Å²) in [6.45, 7) is 18.3. The molecule has 2 N–H and O–H groups in total. The zero-order valence-corrected chi connectivity index (χ0v) is 39.0. The first-order valence-electron chi connectivity index (χ1n) is 22.0. The summed E-state index contributed by atoms with van der Waals surface area (Å²) < 4.78 is 48.9. The van der Waals surface area contributed by atoms with Gasteiger partial charge in [-0.15, -0.1) is 0 Å². The van der Waals surface area contributed by atoms with E-state index in [1.807, 2.05) is 54.6 Å². The molecule has 0 aliphatic carbocycles. The van der Waals surface area contributed by atoms with Gasteiger partial charge in [0.15, 0.2) is 12.5 Å². The van der Waals surface area contributed by atoms with Gasteiger partial charge in [-0.25, -0.2) is 4.79 Å². The average molecular weight is 875 g/mol. The SMILES string of the molecule is CC(C)[Si](OCCOC(c1ccccc1)(c1ccccc1)c1ccccc1)(O[Si](OC[C@H]1O[C@@H](n2ccc(=O)[nH]c2=O)[C@H](OC2CCCCO2)[C@@H]1O)(C(C)C)C(C)C)C(C)C. The van der Waals surface area contributed by atoms with E-state index in [4.69, 9.17) is 31.9 Å². The van der Waals surface area contributed by atoms with Crippen molar-refractivity contribution < 1.29 is 37.0 Å². The van der Waals surface area contributed by atoms with Crippen LogP contribution in [-0.4, -0.2) is 82.8 Å². The summed E-state index contributed by atoms with van der Waals surface area (Å²) in [4.78, 5) is 27.3. The van der Waals surface area contributed by atoms with Crippen molar-refractivity contribution >= 4 is 17.1 Å². The van der Waals surface area contributed by atoms with Crippen molar-refractivity contribution in [2.45, 2.75) is 133 Å². The van der Waals surface area contributed by atoms with E-state index in [2.05, 4.69) is 96.8 Å². The van der Waals surface area contributed by atoms with Gasteiger partial charge in [0.1, 0.15) is 23.9 Å². The number of aliphatic hydroxyl groups is 1. The molecule has 0 bridgehead atoms. The van der Waals surface area contributed by atoms with Gasteiger partial charge in [-0.1, -0.05) is 146 Å². The lowest BCUT2D eigenvalue weighted by Gasteiger charge is -2.48. The van der Waals surface area contributed by atoms with Crippen LogP contribution >= 0.6 is 0 Å². The molecule has 14 heteroatoms. The van der Waals surface area contributed by atoms with Crippen molar-refractivity contribution in [2.75, 3.05) is 26.4 Å². The predicted octanol–water partition coefficient (Wildman–Crippen LogP) is 8.29. The van der Waals surface area contributed by atoms with Crippen LogP contribution in [0.2, 0.25) is 22.2 Å². The monoisotopic (exact) mass is 874 g/mol. The Hall–Kier alpha value is -3.55. The van der Waals surface area contributed by atoms with Crippen LogP contribution in [0.25, 0.3) is 0 Å². The molecule has 6 rings (SSSR count). The summed E-state index contributed by atoms with van der Waals surface area (Å²) in [5, 5.41) is 11.9. The Morgan fingerprint density at radius 3 is 1.74 bits per heavy atom. The van der Waals surface area contributed by atoms with Crippen LogP contribution in [0.15, 0.2) is 113 Å². The number of aromatic nitrogens is 2. The maximum atomic E-state index is 13.0. The highest BCUT2D eigenvalue weighted by molar-refractivity contribution is 6.83. The summed E-state index contributed by atoms with van der Waals surface area (Å²) in [6.07, 6.45) is -0.775. The number of hydrogen-bond acceptors (Lipinski definition) is 10. The predicted molar refractivity (Wildman–Crippen MR) is 240 cm³/mol. The van der Waals surface area contributed by atoms with Crippen LogP contribution in [0.4, 0.5) is 0 Å². The lowest BCUT2D eigenvalue weighted by atomic mass is 9.80. The molecule has 1 unspecified atom stereocenters. The molecule has 2 saturated heterocycles.